The van der Waals surface area contributed by atoms with E-state index in [1.807, 2.05) is 37.3 Å². The summed E-state index contributed by atoms with van der Waals surface area (Å²) in [4.78, 5) is 26.7. The maximum Gasteiger partial charge on any atom is 0.274 e. The number of benzene rings is 1. The molecule has 0 aliphatic carbocycles. The third kappa shape index (κ3) is 4.63. The van der Waals surface area contributed by atoms with Crippen molar-refractivity contribution in [1.82, 2.24) is 14.7 Å². The van der Waals surface area contributed by atoms with Crippen molar-refractivity contribution in [2.24, 2.45) is 0 Å². The Labute approximate surface area is 158 Å². The van der Waals surface area contributed by atoms with Gasteiger partial charge in [-0.15, -0.1) is 0 Å². The van der Waals surface area contributed by atoms with E-state index in [4.69, 9.17) is 0 Å². The fraction of sp³-hybridized carbons (Fsp3) is 0.421. The lowest BCUT2D eigenvalue weighted by Gasteiger charge is -2.27. The Kier molecular flexibility index (Phi) is 5.74. The highest BCUT2D eigenvalue weighted by Gasteiger charge is 2.35. The van der Waals surface area contributed by atoms with Gasteiger partial charge in [-0.2, -0.15) is 5.10 Å². The quantitative estimate of drug-likeness (QED) is 0.744. The van der Waals surface area contributed by atoms with E-state index >= 15 is 0 Å². The van der Waals surface area contributed by atoms with Gasteiger partial charge in [0, 0.05) is 18.7 Å². The van der Waals surface area contributed by atoms with E-state index in [2.05, 4.69) is 5.10 Å². The second kappa shape index (κ2) is 8.04. The summed E-state index contributed by atoms with van der Waals surface area (Å²) in [7, 11) is -3.10. The summed E-state index contributed by atoms with van der Waals surface area (Å²) < 4.78 is 24.9. The molecule has 0 N–H and O–H groups in total. The number of sulfone groups is 1. The van der Waals surface area contributed by atoms with Crippen LogP contribution in [0.3, 0.4) is 0 Å². The monoisotopic (exact) mass is 389 g/mol. The van der Waals surface area contributed by atoms with Crippen LogP contribution in [0.5, 0.6) is 0 Å². The first-order valence-electron chi connectivity index (χ1n) is 9.03. The first-order chi connectivity index (χ1) is 12.9. The van der Waals surface area contributed by atoms with E-state index < -0.39 is 9.84 Å². The van der Waals surface area contributed by atoms with Crippen LogP contribution in [-0.2, 0) is 16.4 Å². The standard InChI is InChI=1S/C19H23N3O4S/c1-2-11-21(16-10-12-27(25,26)14-16)19(24)17-8-9-18(23)22(20-17)13-15-6-4-3-5-7-15/h3-9,16H,2,10-14H2,1H3. The van der Waals surface area contributed by atoms with Crippen molar-refractivity contribution >= 4 is 15.7 Å². The smallest absolute Gasteiger partial charge is 0.274 e. The van der Waals surface area contributed by atoms with E-state index in [9.17, 15) is 18.0 Å². The normalized spacial score (nSPS) is 18.3. The van der Waals surface area contributed by atoms with Gasteiger partial charge in [0.2, 0.25) is 0 Å². The van der Waals surface area contributed by atoms with E-state index in [0.717, 1.165) is 5.56 Å². The van der Waals surface area contributed by atoms with Crippen molar-refractivity contribution < 1.29 is 13.2 Å². The lowest BCUT2D eigenvalue weighted by atomic mass is 10.2. The van der Waals surface area contributed by atoms with Crippen LogP contribution in [0.25, 0.3) is 0 Å². The van der Waals surface area contributed by atoms with E-state index in [0.29, 0.717) is 19.4 Å². The molecule has 0 radical (unpaired) electrons. The predicted octanol–water partition coefficient (Wildman–Crippen LogP) is 1.33. The maximum absolute atomic E-state index is 13.0. The van der Waals surface area contributed by atoms with Crippen molar-refractivity contribution in [2.45, 2.75) is 32.4 Å². The number of aromatic nitrogens is 2. The second-order valence-corrected chi connectivity index (χ2v) is 8.98. The van der Waals surface area contributed by atoms with Crippen molar-refractivity contribution in [3.8, 4) is 0 Å². The third-order valence-corrected chi connectivity index (χ3v) is 6.39. The second-order valence-electron chi connectivity index (χ2n) is 6.76. The summed E-state index contributed by atoms with van der Waals surface area (Å²) in [5, 5.41) is 4.24. The molecule has 2 heterocycles. The molecule has 0 bridgehead atoms. The summed E-state index contributed by atoms with van der Waals surface area (Å²) >= 11 is 0. The molecule has 1 unspecified atom stereocenters. The largest absolute Gasteiger partial charge is 0.333 e. The van der Waals surface area contributed by atoms with Gasteiger partial charge in [-0.25, -0.2) is 13.1 Å². The Morgan fingerprint density at radius 3 is 2.59 bits per heavy atom. The summed E-state index contributed by atoms with van der Waals surface area (Å²) in [6.45, 7) is 2.67. The molecule has 144 valence electrons. The number of hydrogen-bond acceptors (Lipinski definition) is 5. The minimum absolute atomic E-state index is 0.0115. The molecule has 1 aromatic heterocycles. The lowest BCUT2D eigenvalue weighted by Crippen LogP contribution is -2.42. The Hall–Kier alpha value is -2.48. The summed E-state index contributed by atoms with van der Waals surface area (Å²) in [6, 6.07) is 11.8. The first-order valence-corrected chi connectivity index (χ1v) is 10.9. The Balaban J connectivity index is 1.86. The van der Waals surface area contributed by atoms with Gasteiger partial charge in [0.15, 0.2) is 9.84 Å². The van der Waals surface area contributed by atoms with E-state index in [1.165, 1.54) is 16.8 Å². The van der Waals surface area contributed by atoms with Crippen LogP contribution in [0.15, 0.2) is 47.3 Å². The average Bonchev–Trinajstić information content (AvgIpc) is 3.01. The van der Waals surface area contributed by atoms with E-state index in [-0.39, 0.29) is 41.3 Å². The molecule has 1 atom stereocenters. The van der Waals surface area contributed by atoms with Crippen molar-refractivity contribution in [2.75, 3.05) is 18.1 Å². The molecular formula is C19H23N3O4S. The van der Waals surface area contributed by atoms with Crippen LogP contribution in [0, 0.1) is 0 Å². The van der Waals surface area contributed by atoms with Crippen LogP contribution < -0.4 is 5.56 Å². The van der Waals surface area contributed by atoms with E-state index in [1.54, 1.807) is 4.90 Å². The van der Waals surface area contributed by atoms with Crippen molar-refractivity contribution in [3.05, 3.63) is 64.1 Å². The fourth-order valence-electron chi connectivity index (χ4n) is 3.29. The SMILES string of the molecule is CCCN(C(=O)c1ccc(=O)n(Cc2ccccc2)n1)C1CCS(=O)(=O)C1. The van der Waals surface area contributed by atoms with Crippen LogP contribution >= 0.6 is 0 Å². The molecule has 1 amide bonds. The van der Waals surface area contributed by atoms with Gasteiger partial charge in [-0.3, -0.25) is 9.59 Å². The number of hydrogen-bond donors (Lipinski definition) is 0. The van der Waals surface area contributed by atoms with Crippen molar-refractivity contribution in [3.63, 3.8) is 0 Å². The van der Waals surface area contributed by atoms with Gasteiger partial charge >= 0.3 is 0 Å². The lowest BCUT2D eigenvalue weighted by molar-refractivity contribution is 0.0688. The maximum atomic E-state index is 13.0. The number of rotatable bonds is 6. The summed E-state index contributed by atoms with van der Waals surface area (Å²) in [5.41, 5.74) is 0.771. The molecule has 0 spiro atoms. The van der Waals surface area contributed by atoms with Crippen LogP contribution in [0.4, 0.5) is 0 Å². The molecule has 1 saturated heterocycles. The first kappa shape index (κ1) is 19.3. The molecule has 8 heteroatoms. The Bertz CT molecular complexity index is 970. The number of nitrogens with zero attached hydrogens (tertiary/aromatic N) is 3. The van der Waals surface area contributed by atoms with Gasteiger partial charge in [0.25, 0.3) is 11.5 Å². The molecule has 27 heavy (non-hydrogen) atoms. The molecule has 1 aliphatic rings. The van der Waals surface area contributed by atoms with Gasteiger partial charge < -0.3 is 4.90 Å². The zero-order valence-electron chi connectivity index (χ0n) is 15.2. The molecule has 3 rings (SSSR count). The molecule has 7 nitrogen and oxygen atoms in total. The van der Waals surface area contributed by atoms with Crippen LogP contribution in [0.2, 0.25) is 0 Å². The average molecular weight is 389 g/mol. The highest BCUT2D eigenvalue weighted by molar-refractivity contribution is 7.91. The Morgan fingerprint density at radius 2 is 1.96 bits per heavy atom. The van der Waals surface area contributed by atoms with Gasteiger partial charge in [-0.05, 0) is 24.5 Å². The third-order valence-electron chi connectivity index (χ3n) is 4.64. The van der Waals surface area contributed by atoms with Crippen LogP contribution in [0.1, 0.15) is 35.8 Å². The summed E-state index contributed by atoms with van der Waals surface area (Å²) in [5.74, 6) is -0.241. The molecule has 1 aromatic carbocycles. The summed E-state index contributed by atoms with van der Waals surface area (Å²) in [6.07, 6.45) is 1.16. The zero-order valence-corrected chi connectivity index (χ0v) is 16.1. The number of amides is 1. The molecule has 2 aromatic rings. The molecule has 0 saturated carbocycles. The molecular weight excluding hydrogens is 366 g/mol. The topological polar surface area (TPSA) is 89.3 Å². The highest BCUT2D eigenvalue weighted by atomic mass is 32.2. The predicted molar refractivity (Wildman–Crippen MR) is 102 cm³/mol. The fourth-order valence-corrected chi connectivity index (χ4v) is 5.02. The minimum Gasteiger partial charge on any atom is -0.333 e. The Morgan fingerprint density at radius 1 is 1.22 bits per heavy atom. The number of carbonyl (C=O) groups excluding carboxylic acids is 1. The zero-order chi connectivity index (χ0) is 19.4. The molecule has 1 aliphatic heterocycles. The van der Waals surface area contributed by atoms with Crippen LogP contribution in [-0.4, -0.2) is 53.1 Å². The minimum atomic E-state index is -3.10. The highest BCUT2D eigenvalue weighted by Crippen LogP contribution is 2.19. The molecule has 1 fully saturated rings. The van der Waals surface area contributed by atoms with Crippen molar-refractivity contribution in [1.29, 1.82) is 0 Å². The van der Waals surface area contributed by atoms with Gasteiger partial charge in [0.1, 0.15) is 5.69 Å². The number of carbonyl (C=O) groups is 1. The van der Waals surface area contributed by atoms with Gasteiger partial charge in [-0.1, -0.05) is 37.3 Å². The van der Waals surface area contributed by atoms with Gasteiger partial charge in [0.05, 0.1) is 18.1 Å².